The highest BCUT2D eigenvalue weighted by Gasteiger charge is 2.12. The molecule has 0 fully saturated rings. The van der Waals surface area contributed by atoms with Crippen molar-refractivity contribution in [3.05, 3.63) is 0 Å². The first-order valence-electron chi connectivity index (χ1n) is 7.19. The van der Waals surface area contributed by atoms with E-state index in [0.29, 0.717) is 19.5 Å². The molecule has 0 aromatic carbocycles. The summed E-state index contributed by atoms with van der Waals surface area (Å²) in [4.78, 5) is 31.2. The zero-order chi connectivity index (χ0) is 17.5. The fraction of sp³-hybridized carbons (Fsp3) is 0.769. The maximum Gasteiger partial charge on any atom is 0.320 e. The second-order valence-electron chi connectivity index (χ2n) is 4.67. The van der Waals surface area contributed by atoms with Crippen LogP contribution >= 0.6 is 0 Å². The van der Waals surface area contributed by atoms with Crippen LogP contribution in [0.25, 0.3) is 0 Å². The largest absolute Gasteiger partial charge is 0.480 e. The molecule has 0 aromatic heterocycles. The Bertz CT molecular complexity index is 338. The molecule has 0 aliphatic rings. The van der Waals surface area contributed by atoms with E-state index in [1.807, 2.05) is 0 Å². The Hall–Kier alpha value is -1.71. The molecule has 9 heteroatoms. The number of carboxylic acid groups (broad SMARTS) is 2. The molecule has 0 spiro atoms. The summed E-state index contributed by atoms with van der Waals surface area (Å²) in [6.07, 6.45) is 2.51. The van der Waals surface area contributed by atoms with Gasteiger partial charge in [0.15, 0.2) is 0 Å². The Balaban J connectivity index is 0. The van der Waals surface area contributed by atoms with Crippen LogP contribution in [0, 0.1) is 0 Å². The zero-order valence-corrected chi connectivity index (χ0v) is 13.0. The van der Waals surface area contributed by atoms with Crippen LogP contribution in [0.5, 0.6) is 0 Å². The summed E-state index contributed by atoms with van der Waals surface area (Å²) in [5.74, 6) is -2.16. The first-order chi connectivity index (χ1) is 10.3. The standard InChI is InChI=1S/C7H14N2O3.C6H14N2O2/c1-2-9-6(10)4-3-5(8)7(11)12;7-4-2-1-3-5(8)6(9)10/h5H,2-4,8H2,1H3,(H,9,10)(H,11,12);5H,1-4,7-8H2,(H,9,10). The summed E-state index contributed by atoms with van der Waals surface area (Å²) < 4.78 is 0. The Kier molecular flexibility index (Phi) is 14.6. The minimum atomic E-state index is -1.07. The third kappa shape index (κ3) is 14.7. The molecule has 0 bridgehead atoms. The maximum atomic E-state index is 10.8. The number of hydrogen-bond acceptors (Lipinski definition) is 6. The van der Waals surface area contributed by atoms with Gasteiger partial charge in [0.05, 0.1) is 0 Å². The highest BCUT2D eigenvalue weighted by molar-refractivity contribution is 5.78. The van der Waals surface area contributed by atoms with Gasteiger partial charge in [0, 0.05) is 13.0 Å². The van der Waals surface area contributed by atoms with Gasteiger partial charge in [-0.25, -0.2) is 0 Å². The molecule has 0 saturated carbocycles. The predicted octanol–water partition coefficient (Wildman–Crippen LogP) is -1.16. The minimum absolute atomic E-state index is 0.158. The molecule has 130 valence electrons. The van der Waals surface area contributed by atoms with Crippen LogP contribution in [0.4, 0.5) is 0 Å². The number of unbranched alkanes of at least 4 members (excludes halogenated alkanes) is 1. The van der Waals surface area contributed by atoms with Gasteiger partial charge in [-0.1, -0.05) is 6.42 Å². The molecule has 0 saturated heterocycles. The van der Waals surface area contributed by atoms with E-state index in [9.17, 15) is 14.4 Å². The van der Waals surface area contributed by atoms with Gasteiger partial charge >= 0.3 is 11.9 Å². The lowest BCUT2D eigenvalue weighted by Gasteiger charge is -2.05. The smallest absolute Gasteiger partial charge is 0.320 e. The number of carboxylic acids is 2. The molecule has 0 radical (unpaired) electrons. The quantitative estimate of drug-likeness (QED) is 0.272. The molecular weight excluding hydrogens is 292 g/mol. The first-order valence-corrected chi connectivity index (χ1v) is 7.19. The van der Waals surface area contributed by atoms with Gasteiger partial charge in [0.1, 0.15) is 12.1 Å². The molecule has 1 amide bonds. The molecule has 2 atom stereocenters. The van der Waals surface area contributed by atoms with Crippen molar-refractivity contribution in [2.24, 2.45) is 17.2 Å². The number of nitrogens with two attached hydrogens (primary N) is 3. The van der Waals surface area contributed by atoms with Crippen molar-refractivity contribution in [1.29, 1.82) is 0 Å². The fourth-order valence-corrected chi connectivity index (χ4v) is 1.33. The van der Waals surface area contributed by atoms with Crippen LogP contribution < -0.4 is 22.5 Å². The Labute approximate surface area is 130 Å². The van der Waals surface area contributed by atoms with Gasteiger partial charge in [-0.05, 0) is 32.7 Å². The summed E-state index contributed by atoms with van der Waals surface area (Å²) in [5, 5.41) is 19.2. The normalized spacial score (nSPS) is 12.5. The van der Waals surface area contributed by atoms with E-state index in [2.05, 4.69) is 5.32 Å². The second kappa shape index (κ2) is 14.2. The van der Waals surface area contributed by atoms with Gasteiger partial charge in [0.2, 0.25) is 5.91 Å². The minimum Gasteiger partial charge on any atom is -0.480 e. The fourth-order valence-electron chi connectivity index (χ4n) is 1.33. The highest BCUT2D eigenvalue weighted by atomic mass is 16.4. The molecule has 9 N–H and O–H groups in total. The van der Waals surface area contributed by atoms with Crippen molar-refractivity contribution in [2.45, 2.75) is 51.1 Å². The number of carbonyl (C=O) groups excluding carboxylic acids is 1. The number of nitrogens with one attached hydrogen (secondary N) is 1. The lowest BCUT2D eigenvalue weighted by molar-refractivity contribution is -0.139. The number of hydrogen-bond donors (Lipinski definition) is 6. The van der Waals surface area contributed by atoms with Crippen LogP contribution in [-0.2, 0) is 14.4 Å². The van der Waals surface area contributed by atoms with Crippen LogP contribution in [0.3, 0.4) is 0 Å². The lowest BCUT2D eigenvalue weighted by Crippen LogP contribution is -2.32. The lowest BCUT2D eigenvalue weighted by atomic mass is 10.1. The van der Waals surface area contributed by atoms with Gasteiger partial charge in [-0.15, -0.1) is 0 Å². The van der Waals surface area contributed by atoms with E-state index in [4.69, 9.17) is 27.4 Å². The number of rotatable bonds is 10. The summed E-state index contributed by atoms with van der Waals surface area (Å²) in [6, 6.07) is -1.65. The maximum absolute atomic E-state index is 10.8. The monoisotopic (exact) mass is 320 g/mol. The average molecular weight is 320 g/mol. The Morgan fingerprint density at radius 2 is 1.50 bits per heavy atom. The summed E-state index contributed by atoms with van der Waals surface area (Å²) in [5.41, 5.74) is 15.6. The SMILES string of the molecule is CCNC(=O)CCC(N)C(=O)O.NCCCCC(N)C(=O)O. The van der Waals surface area contributed by atoms with Crippen molar-refractivity contribution in [2.75, 3.05) is 13.1 Å². The van der Waals surface area contributed by atoms with E-state index in [0.717, 1.165) is 12.8 Å². The third-order valence-corrected chi connectivity index (χ3v) is 2.66. The molecular formula is C13H28N4O5. The van der Waals surface area contributed by atoms with E-state index in [1.54, 1.807) is 6.92 Å². The number of aliphatic carboxylic acids is 2. The average Bonchev–Trinajstić information content (AvgIpc) is 2.45. The number of amides is 1. The highest BCUT2D eigenvalue weighted by Crippen LogP contribution is 1.97. The topological polar surface area (TPSA) is 182 Å². The van der Waals surface area contributed by atoms with Crippen LogP contribution in [-0.4, -0.2) is 53.2 Å². The summed E-state index contributed by atoms with van der Waals surface area (Å²) in [7, 11) is 0. The van der Waals surface area contributed by atoms with Crippen LogP contribution in [0.1, 0.15) is 39.0 Å². The molecule has 0 heterocycles. The molecule has 9 nitrogen and oxygen atoms in total. The molecule has 0 aliphatic carbocycles. The summed E-state index contributed by atoms with van der Waals surface area (Å²) >= 11 is 0. The van der Waals surface area contributed by atoms with E-state index in [-0.39, 0.29) is 18.7 Å². The van der Waals surface area contributed by atoms with Gasteiger partial charge in [-0.2, -0.15) is 0 Å². The van der Waals surface area contributed by atoms with Gasteiger partial charge in [0.25, 0.3) is 0 Å². The van der Waals surface area contributed by atoms with Crippen molar-refractivity contribution < 1.29 is 24.6 Å². The van der Waals surface area contributed by atoms with Crippen LogP contribution in [0.15, 0.2) is 0 Å². The summed E-state index contributed by atoms with van der Waals surface area (Å²) in [6.45, 7) is 2.96. The number of carbonyl (C=O) groups is 3. The molecule has 22 heavy (non-hydrogen) atoms. The van der Waals surface area contributed by atoms with Gasteiger partial charge < -0.3 is 32.7 Å². The van der Waals surface area contributed by atoms with Crippen molar-refractivity contribution in [1.82, 2.24) is 5.32 Å². The molecule has 0 aliphatic heterocycles. The van der Waals surface area contributed by atoms with Crippen molar-refractivity contribution in [3.8, 4) is 0 Å². The zero-order valence-electron chi connectivity index (χ0n) is 13.0. The predicted molar refractivity (Wildman–Crippen MR) is 82.0 cm³/mol. The van der Waals surface area contributed by atoms with Crippen LogP contribution in [0.2, 0.25) is 0 Å². The molecule has 0 aromatic rings. The molecule has 2 unspecified atom stereocenters. The van der Waals surface area contributed by atoms with E-state index < -0.39 is 24.0 Å². The van der Waals surface area contributed by atoms with Crippen molar-refractivity contribution in [3.63, 3.8) is 0 Å². The van der Waals surface area contributed by atoms with Gasteiger partial charge in [-0.3, -0.25) is 14.4 Å². The van der Waals surface area contributed by atoms with E-state index >= 15 is 0 Å². The third-order valence-electron chi connectivity index (χ3n) is 2.66. The Morgan fingerprint density at radius 3 is 1.91 bits per heavy atom. The first kappa shape index (κ1) is 22.6. The van der Waals surface area contributed by atoms with Crippen molar-refractivity contribution >= 4 is 17.8 Å². The van der Waals surface area contributed by atoms with E-state index in [1.165, 1.54) is 0 Å². The molecule has 0 rings (SSSR count). The Morgan fingerprint density at radius 1 is 1.00 bits per heavy atom. The second-order valence-corrected chi connectivity index (χ2v) is 4.67.